The first-order valence-corrected chi connectivity index (χ1v) is 9.73. The summed E-state index contributed by atoms with van der Waals surface area (Å²) in [7, 11) is 0. The number of likely N-dealkylation sites (tertiary alicyclic amines) is 1. The van der Waals surface area contributed by atoms with Crippen molar-refractivity contribution in [3.8, 4) is 0 Å². The Hall–Kier alpha value is -1.29. The van der Waals surface area contributed by atoms with Crippen LogP contribution in [-0.2, 0) is 4.79 Å². The summed E-state index contributed by atoms with van der Waals surface area (Å²) < 4.78 is 0. The van der Waals surface area contributed by atoms with Crippen LogP contribution in [0.3, 0.4) is 0 Å². The van der Waals surface area contributed by atoms with Crippen molar-refractivity contribution in [2.75, 3.05) is 24.5 Å². The van der Waals surface area contributed by atoms with Gasteiger partial charge in [-0.05, 0) is 44.2 Å². The topological polar surface area (TPSA) is 36.4 Å². The Morgan fingerprint density at radius 2 is 1.75 bits per heavy atom. The van der Waals surface area contributed by atoms with Gasteiger partial charge in [0.15, 0.2) is 0 Å². The molecule has 1 aliphatic carbocycles. The van der Waals surface area contributed by atoms with E-state index in [4.69, 9.17) is 11.6 Å². The molecule has 2 aliphatic heterocycles. The molecule has 0 N–H and O–H groups in total. The van der Waals surface area contributed by atoms with Crippen molar-refractivity contribution in [2.24, 2.45) is 5.41 Å². The highest BCUT2D eigenvalue weighted by atomic mass is 35.5. The maximum atomic E-state index is 13.1. The molecule has 3 aliphatic rings. The number of carbonyl (C=O) groups excluding carboxylic acids is 1. The van der Waals surface area contributed by atoms with Crippen molar-refractivity contribution >= 4 is 23.3 Å². The van der Waals surface area contributed by atoms with E-state index in [1.54, 1.807) is 6.20 Å². The van der Waals surface area contributed by atoms with Gasteiger partial charge in [0.05, 0.1) is 10.4 Å². The van der Waals surface area contributed by atoms with Gasteiger partial charge < -0.3 is 9.80 Å². The molecule has 1 amide bonds. The first kappa shape index (κ1) is 16.2. The highest BCUT2D eigenvalue weighted by Gasteiger charge is 2.49. The van der Waals surface area contributed by atoms with Gasteiger partial charge in [-0.2, -0.15) is 0 Å². The minimum atomic E-state index is -0.0969. The van der Waals surface area contributed by atoms with Crippen LogP contribution in [0.25, 0.3) is 0 Å². The zero-order chi connectivity index (χ0) is 16.6. The predicted molar refractivity (Wildman–Crippen MR) is 96.3 cm³/mol. The minimum absolute atomic E-state index is 0.0969. The normalized spacial score (nSPS) is 24.8. The predicted octanol–water partition coefficient (Wildman–Crippen LogP) is 3.89. The third-order valence-electron chi connectivity index (χ3n) is 6.32. The molecule has 0 unspecified atom stereocenters. The third-order valence-corrected chi connectivity index (χ3v) is 6.54. The maximum Gasteiger partial charge on any atom is 0.229 e. The van der Waals surface area contributed by atoms with Crippen molar-refractivity contribution < 1.29 is 4.79 Å². The molecule has 5 heteroatoms. The Balaban J connectivity index is 1.41. The Morgan fingerprint density at radius 1 is 1.04 bits per heavy atom. The molecular formula is C19H26ClN3O. The molecule has 3 heterocycles. The standard InChI is InChI=1S/C19H26ClN3O/c20-15-6-7-17(21-14-15)22-11-8-19(9-12-22)10-13-23(18(19)24)16-4-2-1-3-5-16/h6-7,14,16H,1-5,8-13H2. The molecule has 3 fully saturated rings. The lowest BCUT2D eigenvalue weighted by Crippen LogP contribution is -2.47. The molecule has 0 radical (unpaired) electrons. The highest BCUT2D eigenvalue weighted by Crippen LogP contribution is 2.44. The van der Waals surface area contributed by atoms with Gasteiger partial charge in [-0.1, -0.05) is 30.9 Å². The second-order valence-electron chi connectivity index (χ2n) is 7.64. The number of halogens is 1. The molecule has 2 saturated heterocycles. The fourth-order valence-corrected chi connectivity index (χ4v) is 4.88. The van der Waals surface area contributed by atoms with Gasteiger partial charge in [-0.25, -0.2) is 4.98 Å². The number of hydrogen-bond acceptors (Lipinski definition) is 3. The van der Waals surface area contributed by atoms with E-state index < -0.39 is 0 Å². The number of nitrogens with zero attached hydrogens (tertiary/aromatic N) is 3. The molecule has 1 saturated carbocycles. The summed E-state index contributed by atoms with van der Waals surface area (Å²) in [5.74, 6) is 1.42. The fourth-order valence-electron chi connectivity index (χ4n) is 4.77. The molecule has 1 aromatic heterocycles. The van der Waals surface area contributed by atoms with Crippen molar-refractivity contribution in [3.05, 3.63) is 23.4 Å². The Bertz CT molecular complexity index is 589. The van der Waals surface area contributed by atoms with E-state index >= 15 is 0 Å². The fraction of sp³-hybridized carbons (Fsp3) is 0.684. The smallest absolute Gasteiger partial charge is 0.229 e. The molecule has 4 rings (SSSR count). The van der Waals surface area contributed by atoms with E-state index in [0.717, 1.165) is 44.7 Å². The molecular weight excluding hydrogens is 322 g/mol. The summed E-state index contributed by atoms with van der Waals surface area (Å²) in [6.07, 6.45) is 11.0. The van der Waals surface area contributed by atoms with Crippen molar-refractivity contribution in [1.29, 1.82) is 0 Å². The number of rotatable bonds is 2. The van der Waals surface area contributed by atoms with Crippen molar-refractivity contribution in [1.82, 2.24) is 9.88 Å². The molecule has 0 aromatic carbocycles. The van der Waals surface area contributed by atoms with Crippen LogP contribution in [0, 0.1) is 5.41 Å². The quantitative estimate of drug-likeness (QED) is 0.814. The van der Waals surface area contributed by atoms with E-state index in [1.807, 2.05) is 12.1 Å². The van der Waals surface area contributed by atoms with Crippen molar-refractivity contribution in [2.45, 2.75) is 57.4 Å². The number of piperidine rings is 1. The lowest BCUT2D eigenvalue weighted by atomic mass is 9.77. The van der Waals surface area contributed by atoms with Crippen LogP contribution in [0.5, 0.6) is 0 Å². The van der Waals surface area contributed by atoms with Crippen LogP contribution in [0.1, 0.15) is 51.4 Å². The second kappa shape index (κ2) is 6.55. The summed E-state index contributed by atoms with van der Waals surface area (Å²) in [5, 5.41) is 0.668. The number of aromatic nitrogens is 1. The molecule has 24 heavy (non-hydrogen) atoms. The zero-order valence-electron chi connectivity index (χ0n) is 14.2. The summed E-state index contributed by atoms with van der Waals surface area (Å²) in [5.41, 5.74) is -0.0969. The van der Waals surface area contributed by atoms with Crippen LogP contribution in [0.4, 0.5) is 5.82 Å². The lowest BCUT2D eigenvalue weighted by Gasteiger charge is -2.39. The monoisotopic (exact) mass is 347 g/mol. The van der Waals surface area contributed by atoms with Gasteiger partial charge in [0.2, 0.25) is 5.91 Å². The van der Waals surface area contributed by atoms with Crippen LogP contribution in [0.2, 0.25) is 5.02 Å². The summed E-state index contributed by atoms with van der Waals surface area (Å²) in [6, 6.07) is 4.38. The summed E-state index contributed by atoms with van der Waals surface area (Å²) in [6.45, 7) is 2.81. The van der Waals surface area contributed by atoms with Crippen LogP contribution in [0.15, 0.2) is 18.3 Å². The number of carbonyl (C=O) groups is 1. The van der Waals surface area contributed by atoms with E-state index in [2.05, 4.69) is 14.8 Å². The molecule has 0 bridgehead atoms. The highest BCUT2D eigenvalue weighted by molar-refractivity contribution is 6.30. The van der Waals surface area contributed by atoms with Crippen LogP contribution < -0.4 is 4.90 Å². The largest absolute Gasteiger partial charge is 0.357 e. The molecule has 0 atom stereocenters. The Kier molecular flexibility index (Phi) is 4.42. The van der Waals surface area contributed by atoms with E-state index in [0.29, 0.717) is 17.0 Å². The summed E-state index contributed by atoms with van der Waals surface area (Å²) >= 11 is 5.93. The number of anilines is 1. The van der Waals surface area contributed by atoms with Gasteiger partial charge in [-0.3, -0.25) is 4.79 Å². The van der Waals surface area contributed by atoms with Gasteiger partial charge in [-0.15, -0.1) is 0 Å². The number of amides is 1. The zero-order valence-corrected chi connectivity index (χ0v) is 15.0. The molecule has 4 nitrogen and oxygen atoms in total. The van der Waals surface area contributed by atoms with Gasteiger partial charge in [0, 0.05) is 31.9 Å². The van der Waals surface area contributed by atoms with E-state index in [9.17, 15) is 4.79 Å². The van der Waals surface area contributed by atoms with Gasteiger partial charge in [0.1, 0.15) is 5.82 Å². The van der Waals surface area contributed by atoms with E-state index in [1.165, 1.54) is 32.1 Å². The SMILES string of the molecule is O=C1N(C2CCCCC2)CCC12CCN(c1ccc(Cl)cn1)CC2. The van der Waals surface area contributed by atoms with E-state index in [-0.39, 0.29) is 5.41 Å². The van der Waals surface area contributed by atoms with Crippen molar-refractivity contribution in [3.63, 3.8) is 0 Å². The van der Waals surface area contributed by atoms with Gasteiger partial charge >= 0.3 is 0 Å². The number of hydrogen-bond donors (Lipinski definition) is 0. The summed E-state index contributed by atoms with van der Waals surface area (Å²) in [4.78, 5) is 22.1. The second-order valence-corrected chi connectivity index (χ2v) is 8.08. The first-order valence-electron chi connectivity index (χ1n) is 9.36. The average Bonchev–Trinajstić information content (AvgIpc) is 2.94. The molecule has 1 aromatic rings. The maximum absolute atomic E-state index is 13.1. The Labute approximate surface area is 149 Å². The van der Waals surface area contributed by atoms with Gasteiger partial charge in [0.25, 0.3) is 0 Å². The van der Waals surface area contributed by atoms with Crippen LogP contribution in [-0.4, -0.2) is 41.5 Å². The Morgan fingerprint density at radius 3 is 2.42 bits per heavy atom. The van der Waals surface area contributed by atoms with Crippen LogP contribution >= 0.6 is 11.6 Å². The lowest BCUT2D eigenvalue weighted by molar-refractivity contribution is -0.139. The molecule has 130 valence electrons. The number of pyridine rings is 1. The first-order chi connectivity index (χ1) is 11.7. The third kappa shape index (κ3) is 2.90. The average molecular weight is 348 g/mol. The molecule has 1 spiro atoms. The minimum Gasteiger partial charge on any atom is -0.357 e.